The summed E-state index contributed by atoms with van der Waals surface area (Å²) in [5, 5.41) is 10.5. The molecule has 8 aromatic rings. The number of rotatable bonds is 8. The zero-order valence-corrected chi connectivity index (χ0v) is 48.9. The Labute approximate surface area is 449 Å². The molecule has 10 heteroatoms. The summed E-state index contributed by atoms with van der Waals surface area (Å²) in [4.78, 5) is 4.93. The number of hydrogen-bond acceptors (Lipinski definition) is 8. The van der Waals surface area contributed by atoms with E-state index in [1.807, 2.05) is 116 Å². The molecule has 0 bridgehead atoms. The first-order valence-electron chi connectivity index (χ1n) is 25.7. The van der Waals surface area contributed by atoms with E-state index in [-0.39, 0.29) is 0 Å². The van der Waals surface area contributed by atoms with Gasteiger partial charge in [0.05, 0.1) is 12.5 Å². The summed E-state index contributed by atoms with van der Waals surface area (Å²) in [6.07, 6.45) is 7.15. The van der Waals surface area contributed by atoms with Gasteiger partial charge in [0, 0.05) is 47.3 Å². The molecule has 6 N–H and O–H groups in total. The van der Waals surface area contributed by atoms with E-state index in [4.69, 9.17) is 21.6 Å². The van der Waals surface area contributed by atoms with Crippen LogP contribution >= 0.6 is 22.7 Å². The number of nitrogens with two attached hydrogens (primary N) is 3. The average Bonchev–Trinajstić information content (AvgIpc) is 4.20. The van der Waals surface area contributed by atoms with Gasteiger partial charge in [0.1, 0.15) is 5.76 Å². The van der Waals surface area contributed by atoms with Crippen LogP contribution in [0.3, 0.4) is 0 Å². The van der Waals surface area contributed by atoms with Gasteiger partial charge in [0.2, 0.25) is 5.95 Å². The lowest BCUT2D eigenvalue weighted by Gasteiger charge is -2.07. The number of halogens is 1. The summed E-state index contributed by atoms with van der Waals surface area (Å²) in [6, 6.07) is 37.7. The second-order valence-electron chi connectivity index (χ2n) is 20.2. The summed E-state index contributed by atoms with van der Waals surface area (Å²) in [6.45, 7) is 34.4. The lowest BCUT2D eigenvalue weighted by molar-refractivity contribution is 0.487. The Morgan fingerprint density at radius 2 is 1.11 bits per heavy atom. The molecule has 73 heavy (non-hydrogen) atoms. The number of thiophene rings is 2. The molecule has 8 rings (SSSR count). The lowest BCUT2D eigenvalue weighted by Crippen LogP contribution is -1.94. The quantitative estimate of drug-likeness (QED) is 0.103. The average molecular weight is 1030 g/mol. The van der Waals surface area contributed by atoms with Crippen LogP contribution in [0.15, 0.2) is 161 Å². The van der Waals surface area contributed by atoms with Gasteiger partial charge in [-0.3, -0.25) is 4.68 Å². The molecule has 0 unspecified atom stereocenters. The minimum absolute atomic E-state index is 0.373. The molecule has 7 nitrogen and oxygen atoms in total. The number of furan rings is 1. The number of nitrogens with zero attached hydrogens (tertiary/aromatic N) is 3. The maximum atomic E-state index is 12.4. The molecule has 0 spiro atoms. The van der Waals surface area contributed by atoms with E-state index >= 15 is 0 Å². The van der Waals surface area contributed by atoms with E-state index < -0.39 is 5.95 Å². The molecule has 398 valence electrons. The Morgan fingerprint density at radius 1 is 0.507 bits per heavy atom. The predicted octanol–water partition coefficient (Wildman–Crippen LogP) is 19.2. The number of nitrogen functional groups attached to an aromatic ring is 3. The van der Waals surface area contributed by atoms with Crippen molar-refractivity contribution in [3.63, 3.8) is 0 Å². The van der Waals surface area contributed by atoms with Crippen molar-refractivity contribution in [3.05, 3.63) is 206 Å². The van der Waals surface area contributed by atoms with Crippen molar-refractivity contribution in [2.45, 2.75) is 158 Å². The van der Waals surface area contributed by atoms with Gasteiger partial charge in [-0.2, -0.15) is 20.8 Å². The molecule has 0 saturated heterocycles. The molecule has 0 radical (unpaired) electrons. The summed E-state index contributed by atoms with van der Waals surface area (Å²) in [5.41, 5.74) is 27.1. The Morgan fingerprint density at radius 3 is 1.44 bits per heavy atom. The number of aromatic nitrogens is 3. The SMILES string of the molecule is CC(C)c1ccc(N)cc1.CC(C)c1cccc(N)c1.CC(C)c1ccccc1N.CC(C)c1ccco1.CC(C)c1cccs1.CC(C)c1ccnc(F)c1.CC(C)c1ccsc1.CC(C)c1cnn(C)c1. The summed E-state index contributed by atoms with van der Waals surface area (Å²) < 4.78 is 19.3. The largest absolute Gasteiger partial charge is 0.469 e. The van der Waals surface area contributed by atoms with Crippen LogP contribution in [-0.4, -0.2) is 14.8 Å². The first-order chi connectivity index (χ1) is 34.4. The summed E-state index contributed by atoms with van der Waals surface area (Å²) >= 11 is 3.60. The van der Waals surface area contributed by atoms with Gasteiger partial charge in [-0.05, 0) is 158 Å². The maximum Gasteiger partial charge on any atom is 0.213 e. The van der Waals surface area contributed by atoms with E-state index in [0.29, 0.717) is 47.3 Å². The normalized spacial score (nSPS) is 10.4. The number of hydrogen-bond donors (Lipinski definition) is 3. The molecule has 0 amide bonds. The molecule has 0 atom stereocenters. The third-order valence-corrected chi connectivity index (χ3v) is 12.9. The van der Waals surface area contributed by atoms with Gasteiger partial charge in [0.15, 0.2) is 0 Å². The highest BCUT2D eigenvalue weighted by molar-refractivity contribution is 7.10. The van der Waals surface area contributed by atoms with Crippen LogP contribution < -0.4 is 17.2 Å². The van der Waals surface area contributed by atoms with Crippen LogP contribution in [0.1, 0.15) is 202 Å². The van der Waals surface area contributed by atoms with Crippen molar-refractivity contribution < 1.29 is 8.81 Å². The Hall–Kier alpha value is -5.97. The standard InChI is InChI=1S/3C9H13N.C8H10FN.C7H12N2.C7H10O.2C7H10S/c1-7(2)8-3-5-9(10)6-4-8;1-7(2)8-4-3-5-9(10)6-8;1-7(2)8-5-3-4-6-9(8)10;1-6(2)7-3-4-10-8(9)5-7;1-6(2)7-4-8-9(3)5-7;1-6(2)7-4-3-5-8-7;1-6(2)7-3-4-8-5-7;1-6(2)7-4-3-5-8-7/h3*3-7H,10H2,1-2H3;3-6H,1-2H3;4-6H,1-3H3;3*3-6H,1-2H3. The third kappa shape index (κ3) is 28.8. The summed E-state index contributed by atoms with van der Waals surface area (Å²) in [5.74, 6) is 5.25. The fourth-order valence-electron chi connectivity index (χ4n) is 6.19. The minimum atomic E-state index is -0.397. The van der Waals surface area contributed by atoms with Gasteiger partial charge in [0.25, 0.3) is 0 Å². The first-order valence-corrected chi connectivity index (χ1v) is 27.5. The Kier molecular flexibility index (Phi) is 32.1. The van der Waals surface area contributed by atoms with Crippen LogP contribution in [0.4, 0.5) is 21.5 Å². The van der Waals surface area contributed by atoms with Crippen molar-refractivity contribution in [2.75, 3.05) is 17.2 Å². The highest BCUT2D eigenvalue weighted by Gasteiger charge is 2.03. The van der Waals surface area contributed by atoms with Crippen molar-refractivity contribution in [3.8, 4) is 0 Å². The fraction of sp³-hybridized carbons (Fsp3) is 0.397. The third-order valence-electron chi connectivity index (χ3n) is 11.0. The van der Waals surface area contributed by atoms with Gasteiger partial charge >= 0.3 is 0 Å². The molecule has 0 aliphatic heterocycles. The van der Waals surface area contributed by atoms with Crippen molar-refractivity contribution in [1.82, 2.24) is 14.8 Å². The predicted molar refractivity (Wildman–Crippen MR) is 320 cm³/mol. The zero-order chi connectivity index (χ0) is 55.0. The number of aryl methyl sites for hydroxylation is 1. The van der Waals surface area contributed by atoms with E-state index in [0.717, 1.165) is 28.4 Å². The topological polar surface area (TPSA) is 122 Å². The lowest BCUT2D eigenvalue weighted by atomic mass is 10.0. The zero-order valence-electron chi connectivity index (χ0n) is 47.3. The number of anilines is 3. The monoisotopic (exact) mass is 1030 g/mol. The van der Waals surface area contributed by atoms with Crippen LogP contribution in [0.5, 0.6) is 0 Å². The number of pyridine rings is 1. The number of para-hydroxylation sites is 1. The van der Waals surface area contributed by atoms with Gasteiger partial charge in [-0.25, -0.2) is 4.98 Å². The molecule has 0 aliphatic rings. The first kappa shape index (κ1) is 65.0. The molecule has 0 fully saturated rings. The van der Waals surface area contributed by atoms with Crippen molar-refractivity contribution >= 4 is 39.7 Å². The number of benzene rings is 3. The van der Waals surface area contributed by atoms with Gasteiger partial charge < -0.3 is 21.6 Å². The molecular formula is C63H91FN6OS2. The Balaban J connectivity index is 0.000000418. The second kappa shape index (κ2) is 36.0. The molecular weight excluding hydrogens is 940 g/mol. The highest BCUT2D eigenvalue weighted by atomic mass is 32.1. The van der Waals surface area contributed by atoms with Crippen LogP contribution in [0.25, 0.3) is 0 Å². The smallest absolute Gasteiger partial charge is 0.213 e. The van der Waals surface area contributed by atoms with Crippen molar-refractivity contribution in [2.24, 2.45) is 7.05 Å². The van der Waals surface area contributed by atoms with Crippen LogP contribution in [0, 0.1) is 5.95 Å². The highest BCUT2D eigenvalue weighted by Crippen LogP contribution is 2.22. The molecule has 5 aromatic heterocycles. The fourth-order valence-corrected chi connectivity index (χ4v) is 7.76. The van der Waals surface area contributed by atoms with Crippen LogP contribution in [0.2, 0.25) is 0 Å². The van der Waals surface area contributed by atoms with E-state index in [9.17, 15) is 4.39 Å². The van der Waals surface area contributed by atoms with E-state index in [1.54, 1.807) is 17.6 Å². The maximum absolute atomic E-state index is 12.4. The molecule has 5 heterocycles. The van der Waals surface area contributed by atoms with Gasteiger partial charge in [-0.1, -0.05) is 159 Å². The summed E-state index contributed by atoms with van der Waals surface area (Å²) in [7, 11) is 1.94. The second-order valence-corrected chi connectivity index (χ2v) is 21.9. The molecule has 0 saturated carbocycles. The van der Waals surface area contributed by atoms with Gasteiger partial charge in [-0.15, -0.1) is 11.3 Å². The molecule has 3 aromatic carbocycles. The Bertz CT molecular complexity index is 2400. The van der Waals surface area contributed by atoms with E-state index in [2.05, 4.69) is 166 Å². The van der Waals surface area contributed by atoms with E-state index in [1.165, 1.54) is 45.0 Å². The van der Waals surface area contributed by atoms with Crippen molar-refractivity contribution in [1.29, 1.82) is 0 Å². The molecule has 0 aliphatic carbocycles. The minimum Gasteiger partial charge on any atom is -0.469 e. The van der Waals surface area contributed by atoms with Crippen LogP contribution in [-0.2, 0) is 7.05 Å².